The van der Waals surface area contributed by atoms with E-state index in [0.29, 0.717) is 17.0 Å². The van der Waals surface area contributed by atoms with E-state index in [1.165, 1.54) is 13.0 Å². The molecule has 5 heteroatoms. The summed E-state index contributed by atoms with van der Waals surface area (Å²) >= 11 is 0. The lowest BCUT2D eigenvalue weighted by atomic mass is 9.97. The third kappa shape index (κ3) is 2.82. The highest BCUT2D eigenvalue weighted by molar-refractivity contribution is 5.95. The molecule has 2 aliphatic heterocycles. The molecule has 23 heavy (non-hydrogen) atoms. The molecular weight excluding hydrogens is 290 g/mol. The fourth-order valence-corrected chi connectivity index (χ4v) is 3.68. The summed E-state index contributed by atoms with van der Waals surface area (Å²) in [5.41, 5.74) is 1.09. The second-order valence-electron chi connectivity index (χ2n) is 6.41. The van der Waals surface area contributed by atoms with E-state index >= 15 is 0 Å². The van der Waals surface area contributed by atoms with Gasteiger partial charge in [-0.2, -0.15) is 0 Å². The molecule has 1 N–H and O–H groups in total. The van der Waals surface area contributed by atoms with Crippen molar-refractivity contribution in [3.63, 3.8) is 0 Å². The fourth-order valence-electron chi connectivity index (χ4n) is 3.68. The molecule has 0 radical (unpaired) electrons. The number of pyridine rings is 1. The summed E-state index contributed by atoms with van der Waals surface area (Å²) in [6.45, 7) is 5.06. The van der Waals surface area contributed by atoms with Crippen LogP contribution in [0.3, 0.4) is 0 Å². The van der Waals surface area contributed by atoms with Crippen LogP contribution in [0.4, 0.5) is 0 Å². The Balaban J connectivity index is 1.51. The summed E-state index contributed by atoms with van der Waals surface area (Å²) < 4.78 is 5.56. The Morgan fingerprint density at radius 2 is 2.35 bits per heavy atom. The number of carbonyl (C=O) groups excluding carboxylic acids is 1. The van der Waals surface area contributed by atoms with Crippen LogP contribution < -0.4 is 5.32 Å². The van der Waals surface area contributed by atoms with Crippen LogP contribution in [0.15, 0.2) is 22.7 Å². The van der Waals surface area contributed by atoms with Crippen molar-refractivity contribution in [3.05, 3.63) is 29.8 Å². The van der Waals surface area contributed by atoms with Gasteiger partial charge >= 0.3 is 0 Å². The maximum absolute atomic E-state index is 12.5. The quantitative estimate of drug-likeness (QED) is 0.862. The Bertz CT molecular complexity index is 803. The average Bonchev–Trinajstić information content (AvgIpc) is 3.09. The number of furan rings is 1. The fraction of sp³-hybridized carbons (Fsp3) is 0.444. The number of nitrogens with one attached hydrogen (secondary N) is 1. The SMILES string of the molecule is CC#Cc1cc2cc(C(=O)N[C@@H]3C[C@@H]4CCN(C4)C3)ncc2o1. The number of piperidine rings is 1. The first-order valence-corrected chi connectivity index (χ1v) is 8.07. The van der Waals surface area contributed by atoms with Gasteiger partial charge in [0.15, 0.2) is 11.3 Å². The van der Waals surface area contributed by atoms with E-state index in [0.717, 1.165) is 30.8 Å². The average molecular weight is 309 g/mol. The first-order chi connectivity index (χ1) is 11.2. The highest BCUT2D eigenvalue weighted by Gasteiger charge is 2.33. The lowest BCUT2D eigenvalue weighted by molar-refractivity contribution is 0.0904. The minimum atomic E-state index is -0.108. The summed E-state index contributed by atoms with van der Waals surface area (Å²) in [4.78, 5) is 19.1. The summed E-state index contributed by atoms with van der Waals surface area (Å²) in [5.74, 6) is 6.90. The molecule has 4 rings (SSSR count). The van der Waals surface area contributed by atoms with E-state index in [-0.39, 0.29) is 11.9 Å². The summed E-state index contributed by atoms with van der Waals surface area (Å²) in [7, 11) is 0. The molecule has 0 saturated carbocycles. The molecule has 0 aromatic carbocycles. The number of fused-ring (bicyclic) bond motifs is 3. The number of aromatic nitrogens is 1. The van der Waals surface area contributed by atoms with Crippen LogP contribution in [0.5, 0.6) is 0 Å². The minimum Gasteiger partial charge on any atom is -0.446 e. The van der Waals surface area contributed by atoms with E-state index in [4.69, 9.17) is 4.42 Å². The number of hydrogen-bond acceptors (Lipinski definition) is 4. The van der Waals surface area contributed by atoms with Crippen LogP contribution in [-0.4, -0.2) is 41.5 Å². The highest BCUT2D eigenvalue weighted by Crippen LogP contribution is 2.27. The first-order valence-electron chi connectivity index (χ1n) is 8.07. The molecule has 118 valence electrons. The molecule has 3 atom stereocenters. The van der Waals surface area contributed by atoms with Gasteiger partial charge in [0.25, 0.3) is 5.91 Å². The van der Waals surface area contributed by atoms with Crippen LogP contribution >= 0.6 is 0 Å². The molecule has 1 amide bonds. The second-order valence-corrected chi connectivity index (χ2v) is 6.41. The summed E-state index contributed by atoms with van der Waals surface area (Å²) in [5, 5.41) is 3.99. The van der Waals surface area contributed by atoms with Crippen molar-refractivity contribution < 1.29 is 9.21 Å². The predicted molar refractivity (Wildman–Crippen MR) is 87.0 cm³/mol. The van der Waals surface area contributed by atoms with Crippen LogP contribution in [-0.2, 0) is 0 Å². The topological polar surface area (TPSA) is 58.4 Å². The standard InChI is InChI=1S/C18H19N3O2/c1-2-3-15-7-13-8-16(19-9-17(13)23-15)18(22)20-14-6-12-4-5-21(10-12)11-14/h7-9,12,14H,4-6,10-11H2,1H3,(H,20,22)/t12-,14+/m0/s1. The second kappa shape index (κ2) is 5.71. The third-order valence-electron chi connectivity index (χ3n) is 4.69. The molecule has 2 aromatic heterocycles. The zero-order valence-corrected chi connectivity index (χ0v) is 13.1. The van der Waals surface area contributed by atoms with Gasteiger partial charge in [-0.1, -0.05) is 5.92 Å². The molecule has 5 nitrogen and oxygen atoms in total. The number of nitrogens with zero attached hydrogens (tertiary/aromatic N) is 2. The molecule has 0 spiro atoms. The number of carbonyl (C=O) groups is 1. The summed E-state index contributed by atoms with van der Waals surface area (Å²) in [6.07, 6.45) is 3.93. The Hall–Kier alpha value is -2.32. The van der Waals surface area contributed by atoms with E-state index in [1.807, 2.05) is 6.07 Å². The van der Waals surface area contributed by atoms with Gasteiger partial charge in [0, 0.05) is 30.6 Å². The van der Waals surface area contributed by atoms with Gasteiger partial charge in [-0.25, -0.2) is 4.98 Å². The molecule has 2 aliphatic rings. The van der Waals surface area contributed by atoms with Crippen molar-refractivity contribution >= 4 is 16.9 Å². The van der Waals surface area contributed by atoms with Crippen molar-refractivity contribution in [2.45, 2.75) is 25.8 Å². The molecule has 2 saturated heterocycles. The van der Waals surface area contributed by atoms with Crippen LogP contribution in [0.2, 0.25) is 0 Å². The van der Waals surface area contributed by atoms with Gasteiger partial charge < -0.3 is 14.6 Å². The van der Waals surface area contributed by atoms with Gasteiger partial charge in [0.05, 0.1) is 6.20 Å². The van der Waals surface area contributed by atoms with E-state index in [1.54, 1.807) is 19.2 Å². The Morgan fingerprint density at radius 3 is 3.17 bits per heavy atom. The molecule has 2 aromatic rings. The lowest BCUT2D eigenvalue weighted by Crippen LogP contribution is -2.47. The zero-order chi connectivity index (χ0) is 15.8. The van der Waals surface area contributed by atoms with Gasteiger partial charge in [0.2, 0.25) is 0 Å². The van der Waals surface area contributed by atoms with Gasteiger partial charge in [-0.3, -0.25) is 4.79 Å². The van der Waals surface area contributed by atoms with E-state index in [9.17, 15) is 4.79 Å². The molecule has 2 fully saturated rings. The highest BCUT2D eigenvalue weighted by atomic mass is 16.3. The van der Waals surface area contributed by atoms with Crippen molar-refractivity contribution in [2.75, 3.05) is 19.6 Å². The maximum Gasteiger partial charge on any atom is 0.270 e. The third-order valence-corrected chi connectivity index (χ3v) is 4.69. The Morgan fingerprint density at radius 1 is 1.43 bits per heavy atom. The monoisotopic (exact) mass is 309 g/mol. The molecule has 4 heterocycles. The molecule has 2 bridgehead atoms. The van der Waals surface area contributed by atoms with E-state index in [2.05, 4.69) is 27.0 Å². The van der Waals surface area contributed by atoms with Crippen LogP contribution in [0, 0.1) is 17.8 Å². The predicted octanol–water partition coefficient (Wildman–Crippen LogP) is 2.02. The van der Waals surface area contributed by atoms with Crippen molar-refractivity contribution in [1.29, 1.82) is 0 Å². The minimum absolute atomic E-state index is 0.108. The van der Waals surface area contributed by atoms with Crippen molar-refractivity contribution in [3.8, 4) is 11.8 Å². The van der Waals surface area contributed by atoms with Gasteiger partial charge in [0.1, 0.15) is 5.69 Å². The van der Waals surface area contributed by atoms with Gasteiger partial charge in [-0.15, -0.1) is 0 Å². The summed E-state index contributed by atoms with van der Waals surface area (Å²) in [6, 6.07) is 3.84. The maximum atomic E-state index is 12.5. The number of rotatable bonds is 2. The Labute approximate surface area is 135 Å². The zero-order valence-electron chi connectivity index (χ0n) is 13.1. The number of hydrogen-bond donors (Lipinski definition) is 1. The van der Waals surface area contributed by atoms with Crippen LogP contribution in [0.1, 0.15) is 36.0 Å². The smallest absolute Gasteiger partial charge is 0.270 e. The molecular formula is C18H19N3O2. The first kappa shape index (κ1) is 14.3. The van der Waals surface area contributed by atoms with Crippen LogP contribution in [0.25, 0.3) is 11.0 Å². The number of amides is 1. The van der Waals surface area contributed by atoms with Gasteiger partial charge in [-0.05, 0) is 44.2 Å². The van der Waals surface area contributed by atoms with E-state index < -0.39 is 0 Å². The van der Waals surface area contributed by atoms with Crippen molar-refractivity contribution in [2.24, 2.45) is 5.92 Å². The Kier molecular flexibility index (Phi) is 3.55. The normalized spacial score (nSPS) is 25.9. The van der Waals surface area contributed by atoms with Crippen molar-refractivity contribution in [1.82, 2.24) is 15.2 Å². The molecule has 0 aliphatic carbocycles. The molecule has 1 unspecified atom stereocenters. The lowest BCUT2D eigenvalue weighted by Gasteiger charge is -2.30. The largest absolute Gasteiger partial charge is 0.446 e.